The van der Waals surface area contributed by atoms with Crippen LogP contribution in [-0.2, 0) is 9.57 Å². The van der Waals surface area contributed by atoms with Crippen molar-refractivity contribution in [2.24, 2.45) is 10.7 Å². The van der Waals surface area contributed by atoms with Crippen molar-refractivity contribution in [2.75, 3.05) is 20.4 Å². The lowest BCUT2D eigenvalue weighted by atomic mass is 10.0. The van der Waals surface area contributed by atoms with Crippen molar-refractivity contribution in [3.63, 3.8) is 0 Å². The lowest BCUT2D eigenvalue weighted by Gasteiger charge is -2.42. The Morgan fingerprint density at radius 1 is 1.60 bits per heavy atom. The first-order valence-electron chi connectivity index (χ1n) is 5.97. The molecule has 114 valence electrons. The van der Waals surface area contributed by atoms with Crippen molar-refractivity contribution >= 4 is 12.0 Å². The van der Waals surface area contributed by atoms with E-state index in [-0.39, 0.29) is 12.6 Å². The molecule has 0 radical (unpaired) electrons. The van der Waals surface area contributed by atoms with Gasteiger partial charge in [0.2, 0.25) is 5.96 Å². The Balaban J connectivity index is 2.29. The fraction of sp³-hybridized carbons (Fsp3) is 0.800. The molecule has 2 heterocycles. The minimum absolute atomic E-state index is 0.121. The second-order valence-electron chi connectivity index (χ2n) is 4.71. The van der Waals surface area contributed by atoms with E-state index in [1.54, 1.807) is 0 Å². The number of aliphatic hydroxyl groups is 3. The number of amides is 2. The molecule has 0 aliphatic carbocycles. The van der Waals surface area contributed by atoms with Gasteiger partial charge in [0.05, 0.1) is 13.7 Å². The van der Waals surface area contributed by atoms with Crippen LogP contribution < -0.4 is 5.73 Å². The predicted octanol–water partition coefficient (Wildman–Crippen LogP) is -2.61. The number of hydrogen-bond donors (Lipinski definition) is 4. The molecule has 2 rings (SSSR count). The molecule has 2 amide bonds. The highest BCUT2D eigenvalue weighted by Crippen LogP contribution is 2.35. The van der Waals surface area contributed by atoms with Gasteiger partial charge in [0.15, 0.2) is 5.72 Å². The zero-order valence-electron chi connectivity index (χ0n) is 11.1. The van der Waals surface area contributed by atoms with E-state index in [9.17, 15) is 15.0 Å². The van der Waals surface area contributed by atoms with Crippen molar-refractivity contribution in [1.82, 2.24) is 9.96 Å². The minimum Gasteiger partial charge on any atom is -0.394 e. The van der Waals surface area contributed by atoms with E-state index >= 15 is 0 Å². The van der Waals surface area contributed by atoms with Crippen LogP contribution in [0.25, 0.3) is 0 Å². The summed E-state index contributed by atoms with van der Waals surface area (Å²) in [6.07, 6.45) is -3.73. The molecule has 4 atom stereocenters. The summed E-state index contributed by atoms with van der Waals surface area (Å²) in [6.45, 7) is 0.789. The molecule has 5 N–H and O–H groups in total. The van der Waals surface area contributed by atoms with Crippen molar-refractivity contribution in [3.8, 4) is 0 Å². The average molecular weight is 290 g/mol. The number of rotatable bonds is 3. The van der Waals surface area contributed by atoms with Crippen molar-refractivity contribution in [1.29, 1.82) is 0 Å². The van der Waals surface area contributed by atoms with E-state index in [1.165, 1.54) is 14.0 Å². The van der Waals surface area contributed by atoms with Gasteiger partial charge in [-0.2, -0.15) is 4.99 Å². The molecule has 0 aromatic rings. The monoisotopic (exact) mass is 290 g/mol. The standard InChI is InChI=1S/C10H18N4O6/c1-10(7(17)6(16)5(3-15)20-10)13-4-14(19-2)8(11)12-9(13)18/h5-7,15-17H,3-4H2,1-2H3,(H2,11,12,18)/t5-,6-,7-,10-/m1/s1. The van der Waals surface area contributed by atoms with Crippen molar-refractivity contribution in [2.45, 2.75) is 31.0 Å². The van der Waals surface area contributed by atoms with Crippen LogP contribution in [0.4, 0.5) is 4.79 Å². The highest BCUT2D eigenvalue weighted by atomic mass is 16.7. The zero-order chi connectivity index (χ0) is 15.1. The van der Waals surface area contributed by atoms with E-state index in [0.29, 0.717) is 0 Å². The number of aliphatic hydroxyl groups excluding tert-OH is 3. The summed E-state index contributed by atoms with van der Waals surface area (Å²) in [6, 6.07) is -0.733. The normalized spacial score (nSPS) is 38.4. The van der Waals surface area contributed by atoms with Crippen molar-refractivity contribution < 1.29 is 29.7 Å². The second-order valence-corrected chi connectivity index (χ2v) is 4.71. The van der Waals surface area contributed by atoms with E-state index < -0.39 is 36.7 Å². The summed E-state index contributed by atoms with van der Waals surface area (Å²) in [5, 5.41) is 30.1. The van der Waals surface area contributed by atoms with Gasteiger partial charge in [-0.05, 0) is 6.92 Å². The maximum atomic E-state index is 11.9. The Hall–Kier alpha value is -1.46. The van der Waals surface area contributed by atoms with Crippen LogP contribution in [0.5, 0.6) is 0 Å². The predicted molar refractivity (Wildman–Crippen MR) is 64.9 cm³/mol. The van der Waals surface area contributed by atoms with E-state index in [2.05, 4.69) is 4.99 Å². The van der Waals surface area contributed by atoms with Gasteiger partial charge in [-0.3, -0.25) is 9.74 Å². The van der Waals surface area contributed by atoms with Crippen LogP contribution in [0.15, 0.2) is 4.99 Å². The lowest BCUT2D eigenvalue weighted by Crippen LogP contribution is -2.62. The highest BCUT2D eigenvalue weighted by Gasteiger charge is 2.56. The number of nitrogens with zero attached hydrogens (tertiary/aromatic N) is 3. The molecule has 10 heteroatoms. The third-order valence-corrected chi connectivity index (χ3v) is 3.55. The average Bonchev–Trinajstić information content (AvgIpc) is 2.64. The SMILES string of the molecule is CON1CN([C@]2(C)O[C@H](CO)[C@@H](O)[C@H]2O)C(=O)N=C1N. The maximum Gasteiger partial charge on any atom is 0.350 e. The first kappa shape index (κ1) is 14.9. The van der Waals surface area contributed by atoms with Crippen LogP contribution in [0.3, 0.4) is 0 Å². The molecule has 2 aliphatic rings. The quantitative estimate of drug-likeness (QED) is 0.443. The van der Waals surface area contributed by atoms with Gasteiger partial charge in [0, 0.05) is 0 Å². The van der Waals surface area contributed by atoms with Crippen LogP contribution in [0.2, 0.25) is 0 Å². The molecular formula is C10H18N4O6. The van der Waals surface area contributed by atoms with Gasteiger partial charge in [0.25, 0.3) is 0 Å². The first-order valence-corrected chi connectivity index (χ1v) is 5.97. The van der Waals surface area contributed by atoms with Gasteiger partial charge in [-0.25, -0.2) is 9.86 Å². The number of aliphatic imine (C=N–C) groups is 1. The molecule has 1 fully saturated rings. The van der Waals surface area contributed by atoms with E-state index in [4.69, 9.17) is 20.4 Å². The molecule has 0 unspecified atom stereocenters. The third-order valence-electron chi connectivity index (χ3n) is 3.55. The summed E-state index contributed by atoms with van der Waals surface area (Å²) in [5.74, 6) is -0.121. The Morgan fingerprint density at radius 3 is 2.75 bits per heavy atom. The summed E-state index contributed by atoms with van der Waals surface area (Å²) < 4.78 is 5.42. The summed E-state index contributed by atoms with van der Waals surface area (Å²) in [4.78, 5) is 21.5. The van der Waals surface area contributed by atoms with Crippen LogP contribution in [0, 0.1) is 0 Å². The fourth-order valence-electron chi connectivity index (χ4n) is 2.29. The molecule has 2 aliphatic heterocycles. The highest BCUT2D eigenvalue weighted by molar-refractivity contribution is 5.93. The Labute approximate surface area is 114 Å². The largest absolute Gasteiger partial charge is 0.394 e. The second kappa shape index (κ2) is 5.14. The topological polar surface area (TPSA) is 141 Å². The molecule has 0 spiro atoms. The lowest BCUT2D eigenvalue weighted by molar-refractivity contribution is -0.193. The fourth-order valence-corrected chi connectivity index (χ4v) is 2.29. The van der Waals surface area contributed by atoms with Gasteiger partial charge < -0.3 is 25.8 Å². The summed E-state index contributed by atoms with van der Waals surface area (Å²) in [7, 11) is 1.34. The number of urea groups is 1. The molecule has 0 bridgehead atoms. The molecule has 0 aromatic carbocycles. The summed E-state index contributed by atoms with van der Waals surface area (Å²) in [5.41, 5.74) is 3.96. The number of guanidine groups is 1. The minimum atomic E-state index is -1.55. The van der Waals surface area contributed by atoms with E-state index in [0.717, 1.165) is 9.96 Å². The van der Waals surface area contributed by atoms with E-state index in [1.807, 2.05) is 0 Å². The smallest absolute Gasteiger partial charge is 0.350 e. The third kappa shape index (κ3) is 2.11. The summed E-state index contributed by atoms with van der Waals surface area (Å²) >= 11 is 0. The molecular weight excluding hydrogens is 272 g/mol. The molecule has 10 nitrogen and oxygen atoms in total. The molecule has 0 aromatic heterocycles. The van der Waals surface area contributed by atoms with Gasteiger partial charge in [-0.1, -0.05) is 0 Å². The number of carbonyl (C=O) groups is 1. The first-order chi connectivity index (χ1) is 9.35. The maximum absolute atomic E-state index is 11.9. The van der Waals surface area contributed by atoms with Crippen LogP contribution in [-0.4, -0.2) is 81.7 Å². The van der Waals surface area contributed by atoms with Crippen LogP contribution >= 0.6 is 0 Å². The molecule has 0 saturated carbocycles. The Morgan fingerprint density at radius 2 is 2.25 bits per heavy atom. The number of carbonyl (C=O) groups excluding carboxylic acids is 1. The Kier molecular flexibility index (Phi) is 3.84. The zero-order valence-corrected chi connectivity index (χ0v) is 11.1. The van der Waals surface area contributed by atoms with Gasteiger partial charge >= 0.3 is 6.03 Å². The molecule has 20 heavy (non-hydrogen) atoms. The van der Waals surface area contributed by atoms with Crippen molar-refractivity contribution in [3.05, 3.63) is 0 Å². The number of hydroxylamine groups is 2. The van der Waals surface area contributed by atoms with Crippen LogP contribution in [0.1, 0.15) is 6.92 Å². The van der Waals surface area contributed by atoms with Gasteiger partial charge in [0.1, 0.15) is 25.0 Å². The number of hydrogen-bond acceptors (Lipinski definition) is 8. The molecule has 1 saturated heterocycles. The Bertz CT molecular complexity index is 432. The number of ether oxygens (including phenoxy) is 1. The van der Waals surface area contributed by atoms with Gasteiger partial charge in [-0.15, -0.1) is 0 Å². The number of nitrogens with two attached hydrogens (primary N) is 1.